The zero-order valence-electron chi connectivity index (χ0n) is 25.6. The van der Waals surface area contributed by atoms with Gasteiger partial charge in [-0.05, 0) is 107 Å². The molecule has 1 unspecified atom stereocenters. The summed E-state index contributed by atoms with van der Waals surface area (Å²) in [5, 5.41) is 8.31. The molecule has 0 aliphatic carbocycles. The van der Waals surface area contributed by atoms with Crippen molar-refractivity contribution in [2.24, 2.45) is 0 Å². The molecule has 11 heteroatoms. The van der Waals surface area contributed by atoms with Crippen molar-refractivity contribution in [3.63, 3.8) is 0 Å². The maximum atomic E-state index is 14.3. The number of nitrogens with one attached hydrogen (secondary N) is 2. The van der Waals surface area contributed by atoms with Crippen molar-refractivity contribution in [2.45, 2.75) is 37.8 Å². The van der Waals surface area contributed by atoms with E-state index in [0.29, 0.717) is 64.6 Å². The van der Waals surface area contributed by atoms with E-state index in [1.165, 1.54) is 16.7 Å². The van der Waals surface area contributed by atoms with Crippen LogP contribution >= 0.6 is 23.2 Å². The van der Waals surface area contributed by atoms with Crippen LogP contribution in [0.3, 0.4) is 0 Å². The molecule has 238 valence electrons. The maximum Gasteiger partial charge on any atom is 0.266 e. The van der Waals surface area contributed by atoms with E-state index in [9.17, 15) is 14.0 Å². The molecule has 0 radical (unpaired) electrons. The molecule has 8 nitrogen and oxygen atoms in total. The predicted octanol–water partition coefficient (Wildman–Crippen LogP) is 5.24. The third-order valence-electron chi connectivity index (χ3n) is 8.20. The molecular formula is C34H39Cl2FN6O2. The Kier molecular flexibility index (Phi) is 11.2. The van der Waals surface area contributed by atoms with Gasteiger partial charge in [0.1, 0.15) is 11.6 Å². The van der Waals surface area contributed by atoms with Crippen LogP contribution in [-0.4, -0.2) is 78.1 Å². The number of halogens is 3. The van der Waals surface area contributed by atoms with Gasteiger partial charge in [-0.25, -0.2) is 9.37 Å². The predicted molar refractivity (Wildman–Crippen MR) is 179 cm³/mol. The Morgan fingerprint density at radius 3 is 2.49 bits per heavy atom. The second-order valence-electron chi connectivity index (χ2n) is 11.7. The molecule has 1 aliphatic rings. The minimum atomic E-state index is -0.572. The van der Waals surface area contributed by atoms with E-state index in [4.69, 9.17) is 28.2 Å². The summed E-state index contributed by atoms with van der Waals surface area (Å²) in [6.45, 7) is 3.51. The van der Waals surface area contributed by atoms with Crippen LogP contribution in [0.25, 0.3) is 16.6 Å². The Balaban J connectivity index is 1.62. The number of carbonyl (C=O) groups is 1. The Hall–Kier alpha value is -3.34. The number of likely N-dealkylation sites (N-methyl/N-ethyl adjacent to an activating group) is 1. The molecule has 1 fully saturated rings. The molecule has 1 saturated heterocycles. The lowest BCUT2D eigenvalue weighted by atomic mass is 10.0. The van der Waals surface area contributed by atoms with Crippen LogP contribution in [-0.2, 0) is 11.2 Å². The van der Waals surface area contributed by atoms with Crippen LogP contribution in [0.1, 0.15) is 36.7 Å². The molecule has 2 heterocycles. The quantitative estimate of drug-likeness (QED) is 0.218. The van der Waals surface area contributed by atoms with Crippen molar-refractivity contribution in [1.29, 1.82) is 0 Å². The Morgan fingerprint density at radius 1 is 1.04 bits per heavy atom. The smallest absolute Gasteiger partial charge is 0.266 e. The van der Waals surface area contributed by atoms with Crippen LogP contribution < -0.4 is 16.2 Å². The molecular weight excluding hydrogens is 614 g/mol. The molecule has 0 bridgehead atoms. The third-order valence-corrected chi connectivity index (χ3v) is 8.94. The molecule has 4 aromatic rings. The lowest BCUT2D eigenvalue weighted by Gasteiger charge is -2.34. The van der Waals surface area contributed by atoms with Crippen molar-refractivity contribution in [1.82, 2.24) is 30.0 Å². The number of para-hydroxylation sites is 1. The number of amides is 1. The Morgan fingerprint density at radius 2 is 1.78 bits per heavy atom. The highest BCUT2D eigenvalue weighted by Crippen LogP contribution is 2.28. The fourth-order valence-electron chi connectivity index (χ4n) is 5.78. The summed E-state index contributed by atoms with van der Waals surface area (Å²) in [5.74, 6) is -0.108. The molecule has 1 atom stereocenters. The van der Waals surface area contributed by atoms with E-state index in [2.05, 4.69) is 10.6 Å². The molecule has 5 rings (SSSR count). The van der Waals surface area contributed by atoms with Gasteiger partial charge in [-0.2, -0.15) is 0 Å². The number of piperidine rings is 1. The SMILES string of the molecule is CN(C)CCN(C(=O)Cc1ccc(Cl)c(Cl)c1)C(CCNC1CCNCC1)c1nc2ccccc2c(=O)n1-c1ccc(F)cc1. The fraction of sp³-hybridized carbons (Fsp3) is 0.382. The van der Waals surface area contributed by atoms with Gasteiger partial charge in [0.05, 0.1) is 39.1 Å². The number of carbonyl (C=O) groups excluding carboxylic acids is 1. The Bertz CT molecular complexity index is 1670. The summed E-state index contributed by atoms with van der Waals surface area (Å²) in [4.78, 5) is 37.3. The molecule has 3 aromatic carbocycles. The monoisotopic (exact) mass is 652 g/mol. The summed E-state index contributed by atoms with van der Waals surface area (Å²) in [6.07, 6.45) is 2.63. The molecule has 0 spiro atoms. The highest BCUT2D eigenvalue weighted by atomic mass is 35.5. The van der Waals surface area contributed by atoms with E-state index in [0.717, 1.165) is 31.5 Å². The number of hydrogen-bond donors (Lipinski definition) is 2. The zero-order valence-corrected chi connectivity index (χ0v) is 27.1. The van der Waals surface area contributed by atoms with Gasteiger partial charge in [0, 0.05) is 19.1 Å². The van der Waals surface area contributed by atoms with Crippen LogP contribution in [0.5, 0.6) is 0 Å². The van der Waals surface area contributed by atoms with Crippen LogP contribution in [0, 0.1) is 5.82 Å². The Labute approximate surface area is 273 Å². The minimum absolute atomic E-state index is 0.0941. The number of benzene rings is 3. The van der Waals surface area contributed by atoms with Crippen molar-refractivity contribution >= 4 is 40.0 Å². The van der Waals surface area contributed by atoms with E-state index in [1.54, 1.807) is 48.5 Å². The van der Waals surface area contributed by atoms with E-state index in [1.807, 2.05) is 30.0 Å². The number of rotatable bonds is 12. The second-order valence-corrected chi connectivity index (χ2v) is 12.5. The van der Waals surface area contributed by atoms with Gasteiger partial charge < -0.3 is 20.4 Å². The highest BCUT2D eigenvalue weighted by Gasteiger charge is 2.31. The second kappa shape index (κ2) is 15.3. The number of nitrogens with zero attached hydrogens (tertiary/aromatic N) is 4. The maximum absolute atomic E-state index is 14.3. The number of fused-ring (bicyclic) bond motifs is 1. The topological polar surface area (TPSA) is 82.5 Å². The first-order valence-corrected chi connectivity index (χ1v) is 16.1. The first-order valence-electron chi connectivity index (χ1n) is 15.3. The van der Waals surface area contributed by atoms with Gasteiger partial charge in [-0.3, -0.25) is 14.2 Å². The normalized spacial score (nSPS) is 14.6. The van der Waals surface area contributed by atoms with Gasteiger partial charge in [0.2, 0.25) is 5.91 Å². The zero-order chi connectivity index (χ0) is 31.9. The van der Waals surface area contributed by atoms with E-state index >= 15 is 0 Å². The third kappa shape index (κ3) is 8.28. The van der Waals surface area contributed by atoms with E-state index < -0.39 is 11.9 Å². The summed E-state index contributed by atoms with van der Waals surface area (Å²) in [6, 6.07) is 18.0. The van der Waals surface area contributed by atoms with Gasteiger partial charge in [0.15, 0.2) is 0 Å². The molecule has 1 amide bonds. The average Bonchev–Trinajstić information content (AvgIpc) is 3.03. The lowest BCUT2D eigenvalue weighted by molar-refractivity contribution is -0.133. The largest absolute Gasteiger partial charge is 0.331 e. The molecule has 2 N–H and O–H groups in total. The fourth-order valence-corrected chi connectivity index (χ4v) is 6.10. The summed E-state index contributed by atoms with van der Waals surface area (Å²) < 4.78 is 15.6. The van der Waals surface area contributed by atoms with Crippen molar-refractivity contribution in [3.8, 4) is 5.69 Å². The van der Waals surface area contributed by atoms with Crippen molar-refractivity contribution in [2.75, 3.05) is 46.8 Å². The van der Waals surface area contributed by atoms with Gasteiger partial charge in [-0.15, -0.1) is 0 Å². The van der Waals surface area contributed by atoms with Gasteiger partial charge in [0.25, 0.3) is 5.56 Å². The van der Waals surface area contributed by atoms with Crippen molar-refractivity contribution in [3.05, 3.63) is 104 Å². The summed E-state index contributed by atoms with van der Waals surface area (Å²) in [5.41, 5.74) is 1.48. The molecule has 1 aliphatic heterocycles. The first kappa shape index (κ1) is 33.0. The average molecular weight is 654 g/mol. The number of aromatic nitrogens is 2. The molecule has 0 saturated carbocycles. The lowest BCUT2D eigenvalue weighted by Crippen LogP contribution is -2.45. The standard InChI is InChI=1S/C34H39Cl2FN6O2/c1-41(2)19-20-42(32(44)22-23-7-12-28(35)29(36)21-23)31(15-18-39-25-13-16-38-17-14-25)33-40-30-6-4-3-5-27(30)34(45)43(33)26-10-8-24(37)9-11-26/h3-12,21,25,31,38-39H,13-20,22H2,1-2H3. The van der Waals surface area contributed by atoms with E-state index in [-0.39, 0.29) is 17.9 Å². The van der Waals surface area contributed by atoms with Crippen LogP contribution in [0.2, 0.25) is 10.0 Å². The van der Waals surface area contributed by atoms with Gasteiger partial charge >= 0.3 is 0 Å². The highest BCUT2D eigenvalue weighted by molar-refractivity contribution is 6.42. The first-order chi connectivity index (χ1) is 21.7. The van der Waals surface area contributed by atoms with Crippen LogP contribution in [0.4, 0.5) is 4.39 Å². The minimum Gasteiger partial charge on any atom is -0.331 e. The summed E-state index contributed by atoms with van der Waals surface area (Å²) >= 11 is 12.5. The number of hydrogen-bond acceptors (Lipinski definition) is 6. The van der Waals surface area contributed by atoms with Crippen molar-refractivity contribution < 1.29 is 9.18 Å². The van der Waals surface area contributed by atoms with Gasteiger partial charge in [-0.1, -0.05) is 41.4 Å². The summed E-state index contributed by atoms with van der Waals surface area (Å²) in [7, 11) is 3.91. The molecule has 45 heavy (non-hydrogen) atoms. The molecule has 1 aromatic heterocycles. The van der Waals surface area contributed by atoms with Crippen LogP contribution in [0.15, 0.2) is 71.5 Å².